The molecule has 0 spiro atoms. The molecule has 0 saturated carbocycles. The fraction of sp³-hybridized carbons (Fsp3) is 0.846. The van der Waals surface area contributed by atoms with Gasteiger partial charge in [0.05, 0.1) is 12.1 Å². The van der Waals surface area contributed by atoms with E-state index in [9.17, 15) is 14.7 Å². The van der Waals surface area contributed by atoms with Crippen LogP contribution >= 0.6 is 0 Å². The molecule has 0 radical (unpaired) electrons. The number of rotatable bonds is 3. The first-order valence-electron chi connectivity index (χ1n) is 6.60. The summed E-state index contributed by atoms with van der Waals surface area (Å²) in [7, 11) is 0. The van der Waals surface area contributed by atoms with Gasteiger partial charge in [0.1, 0.15) is 5.60 Å². The lowest BCUT2D eigenvalue weighted by atomic mass is 9.95. The first-order chi connectivity index (χ1) is 8.70. The number of nitrogens with zero attached hydrogens (tertiary/aromatic N) is 1. The van der Waals surface area contributed by atoms with Gasteiger partial charge in [0.15, 0.2) is 0 Å². The highest BCUT2D eigenvalue weighted by molar-refractivity contribution is 5.69. The minimum absolute atomic E-state index is 0.0684. The molecule has 0 aromatic rings. The predicted molar refractivity (Wildman–Crippen MR) is 68.8 cm³/mol. The molecular formula is C13H23NO5. The number of hydrogen-bond donors (Lipinski definition) is 2. The van der Waals surface area contributed by atoms with Gasteiger partial charge in [-0.1, -0.05) is 0 Å². The summed E-state index contributed by atoms with van der Waals surface area (Å²) < 4.78 is 5.29. The normalized spacial score (nSPS) is 24.1. The molecule has 110 valence electrons. The van der Waals surface area contributed by atoms with Gasteiger partial charge in [-0.25, -0.2) is 4.79 Å². The molecule has 6 heteroatoms. The highest BCUT2D eigenvalue weighted by Crippen LogP contribution is 2.24. The average molecular weight is 273 g/mol. The Morgan fingerprint density at radius 1 is 1.37 bits per heavy atom. The summed E-state index contributed by atoms with van der Waals surface area (Å²) in [4.78, 5) is 24.2. The van der Waals surface area contributed by atoms with Crippen LogP contribution in [-0.2, 0) is 9.53 Å². The largest absolute Gasteiger partial charge is 0.481 e. The fourth-order valence-electron chi connectivity index (χ4n) is 2.20. The molecule has 0 aromatic heterocycles. The monoisotopic (exact) mass is 273 g/mol. The summed E-state index contributed by atoms with van der Waals surface area (Å²) in [5.41, 5.74) is -0.600. The molecule has 1 rings (SSSR count). The minimum atomic E-state index is -0.929. The van der Waals surface area contributed by atoms with Crippen LogP contribution in [0.3, 0.4) is 0 Å². The van der Waals surface area contributed by atoms with Crippen molar-refractivity contribution in [3.05, 3.63) is 0 Å². The predicted octanol–water partition coefficient (Wildman–Crippen LogP) is 1.61. The van der Waals surface area contributed by atoms with Crippen LogP contribution in [0.15, 0.2) is 0 Å². The van der Waals surface area contributed by atoms with Gasteiger partial charge >= 0.3 is 12.1 Å². The number of aliphatic carboxylic acids is 1. The molecule has 1 amide bonds. The zero-order valence-corrected chi connectivity index (χ0v) is 11.8. The van der Waals surface area contributed by atoms with Crippen molar-refractivity contribution in [1.82, 2.24) is 4.90 Å². The number of ether oxygens (including phenoxy) is 1. The average Bonchev–Trinajstić information content (AvgIpc) is 2.24. The second-order valence-corrected chi connectivity index (χ2v) is 5.88. The van der Waals surface area contributed by atoms with Crippen molar-refractivity contribution < 1.29 is 24.5 Å². The van der Waals surface area contributed by atoms with Crippen LogP contribution < -0.4 is 0 Å². The molecule has 1 saturated heterocycles. The van der Waals surface area contributed by atoms with Gasteiger partial charge in [-0.3, -0.25) is 4.79 Å². The topological polar surface area (TPSA) is 87.1 Å². The van der Waals surface area contributed by atoms with Gasteiger partial charge in [0, 0.05) is 13.0 Å². The van der Waals surface area contributed by atoms with E-state index in [1.807, 2.05) is 0 Å². The molecule has 1 fully saturated rings. The summed E-state index contributed by atoms with van der Waals surface area (Å²) in [6.07, 6.45) is 0.298. The third-order valence-electron chi connectivity index (χ3n) is 3.03. The number of aliphatic hydroxyl groups excluding tert-OH is 1. The molecule has 2 unspecified atom stereocenters. The van der Waals surface area contributed by atoms with Crippen LogP contribution in [-0.4, -0.2) is 51.5 Å². The van der Waals surface area contributed by atoms with E-state index in [-0.39, 0.29) is 12.8 Å². The van der Waals surface area contributed by atoms with E-state index in [0.29, 0.717) is 19.4 Å². The van der Waals surface area contributed by atoms with E-state index in [1.165, 1.54) is 4.90 Å². The third-order valence-corrected chi connectivity index (χ3v) is 3.03. The maximum atomic E-state index is 12.1. The lowest BCUT2D eigenvalue weighted by molar-refractivity contribution is -0.137. The maximum absolute atomic E-state index is 12.1. The Morgan fingerprint density at radius 2 is 2.00 bits per heavy atom. The number of amides is 1. The van der Waals surface area contributed by atoms with Gasteiger partial charge in [-0.2, -0.15) is 0 Å². The van der Waals surface area contributed by atoms with Gasteiger partial charge in [0.2, 0.25) is 0 Å². The Balaban J connectivity index is 2.70. The minimum Gasteiger partial charge on any atom is -0.481 e. The van der Waals surface area contributed by atoms with E-state index < -0.39 is 29.8 Å². The van der Waals surface area contributed by atoms with Crippen LogP contribution in [0.25, 0.3) is 0 Å². The number of piperidine rings is 1. The highest BCUT2D eigenvalue weighted by Gasteiger charge is 2.35. The smallest absolute Gasteiger partial charge is 0.410 e. The first-order valence-corrected chi connectivity index (χ1v) is 6.60. The quantitative estimate of drug-likeness (QED) is 0.815. The molecular weight excluding hydrogens is 250 g/mol. The summed E-state index contributed by atoms with van der Waals surface area (Å²) in [6, 6.07) is -0.473. The summed E-state index contributed by atoms with van der Waals surface area (Å²) in [6.45, 7) is 5.82. The van der Waals surface area contributed by atoms with E-state index in [2.05, 4.69) is 0 Å². The summed E-state index contributed by atoms with van der Waals surface area (Å²) >= 11 is 0. The standard InChI is InChI=1S/C13H23NO5/c1-13(2,3)19-12(18)14-8-4-5-10(15)9(14)6-7-11(16)17/h9-10,15H,4-8H2,1-3H3,(H,16,17). The van der Waals surface area contributed by atoms with Gasteiger partial charge in [-0.05, 0) is 40.0 Å². The Bertz CT molecular complexity index is 336. The number of likely N-dealkylation sites (tertiary alicyclic amines) is 1. The number of carboxylic acid groups (broad SMARTS) is 1. The number of carbonyl (C=O) groups excluding carboxylic acids is 1. The molecule has 19 heavy (non-hydrogen) atoms. The fourth-order valence-corrected chi connectivity index (χ4v) is 2.20. The highest BCUT2D eigenvalue weighted by atomic mass is 16.6. The molecule has 2 atom stereocenters. The number of hydrogen-bond acceptors (Lipinski definition) is 4. The van der Waals surface area contributed by atoms with Crippen LogP contribution in [0.4, 0.5) is 4.79 Å². The molecule has 1 aliphatic rings. The van der Waals surface area contributed by atoms with Crippen molar-refractivity contribution in [3.63, 3.8) is 0 Å². The van der Waals surface area contributed by atoms with Crippen molar-refractivity contribution >= 4 is 12.1 Å². The second kappa shape index (κ2) is 6.23. The Labute approximate surface area is 113 Å². The summed E-state index contributed by atoms with van der Waals surface area (Å²) in [5.74, 6) is -0.929. The molecule has 1 aliphatic heterocycles. The Hall–Kier alpha value is -1.30. The van der Waals surface area contributed by atoms with Gasteiger partial charge in [-0.15, -0.1) is 0 Å². The molecule has 2 N–H and O–H groups in total. The van der Waals surface area contributed by atoms with Crippen molar-refractivity contribution in [1.29, 1.82) is 0 Å². The van der Waals surface area contributed by atoms with Crippen molar-refractivity contribution in [3.8, 4) is 0 Å². The van der Waals surface area contributed by atoms with Crippen molar-refractivity contribution in [2.45, 2.75) is 64.2 Å². The molecule has 1 heterocycles. The van der Waals surface area contributed by atoms with E-state index >= 15 is 0 Å². The van der Waals surface area contributed by atoms with E-state index in [1.54, 1.807) is 20.8 Å². The Morgan fingerprint density at radius 3 is 2.53 bits per heavy atom. The molecule has 0 bridgehead atoms. The van der Waals surface area contributed by atoms with Gasteiger partial charge < -0.3 is 19.8 Å². The zero-order valence-electron chi connectivity index (χ0n) is 11.8. The van der Waals surface area contributed by atoms with Crippen LogP contribution in [0.5, 0.6) is 0 Å². The molecule has 6 nitrogen and oxygen atoms in total. The third kappa shape index (κ3) is 5.06. The lowest BCUT2D eigenvalue weighted by Gasteiger charge is -2.39. The lowest BCUT2D eigenvalue weighted by Crippen LogP contribution is -2.52. The maximum Gasteiger partial charge on any atom is 0.410 e. The van der Waals surface area contributed by atoms with Crippen molar-refractivity contribution in [2.75, 3.05) is 6.54 Å². The summed E-state index contributed by atoms with van der Waals surface area (Å²) in [5, 5.41) is 18.7. The van der Waals surface area contributed by atoms with Crippen LogP contribution in [0.2, 0.25) is 0 Å². The van der Waals surface area contributed by atoms with Crippen LogP contribution in [0, 0.1) is 0 Å². The second-order valence-electron chi connectivity index (χ2n) is 5.88. The van der Waals surface area contributed by atoms with E-state index in [4.69, 9.17) is 9.84 Å². The first kappa shape index (κ1) is 15.8. The SMILES string of the molecule is CC(C)(C)OC(=O)N1CCCC(O)C1CCC(=O)O. The van der Waals surface area contributed by atoms with E-state index in [0.717, 1.165) is 0 Å². The number of carbonyl (C=O) groups is 2. The zero-order chi connectivity index (χ0) is 14.6. The van der Waals surface area contributed by atoms with Crippen LogP contribution in [0.1, 0.15) is 46.5 Å². The molecule has 0 aliphatic carbocycles. The number of aliphatic hydroxyl groups is 1. The Kier molecular flexibility index (Phi) is 5.17. The number of carboxylic acids is 1. The van der Waals surface area contributed by atoms with Gasteiger partial charge in [0.25, 0.3) is 0 Å². The molecule has 0 aromatic carbocycles. The van der Waals surface area contributed by atoms with Crippen molar-refractivity contribution in [2.24, 2.45) is 0 Å².